The molecule has 0 aliphatic carbocycles. The standard InChI is InChI=1S/C25H17FN4O4S2/c26-18-7-2-1-4-16(18)13-35-25-29-28-24(36-25)30-20(15-5-3-6-17(31)12-15)19(22(33)23(30)34)21(32)14-8-10-27-11-9-14/h1-12,20,31-32H,13H2/b21-19+. The largest absolute Gasteiger partial charge is 0.508 e. The van der Waals surface area contributed by atoms with Crippen molar-refractivity contribution in [3.63, 3.8) is 0 Å². The molecule has 1 unspecified atom stereocenters. The summed E-state index contributed by atoms with van der Waals surface area (Å²) in [6.45, 7) is 0. The molecule has 0 spiro atoms. The topological polar surface area (TPSA) is 117 Å². The second-order valence-corrected chi connectivity index (χ2v) is 9.91. The van der Waals surface area contributed by atoms with Crippen molar-refractivity contribution in [2.24, 2.45) is 0 Å². The van der Waals surface area contributed by atoms with Crippen molar-refractivity contribution in [2.45, 2.75) is 16.1 Å². The lowest BCUT2D eigenvalue weighted by Gasteiger charge is -2.22. The SMILES string of the molecule is O=C1C(=O)N(c2nnc(SCc3ccccc3F)s2)C(c2cccc(O)c2)/C1=C(\O)c1ccncc1. The monoisotopic (exact) mass is 520 g/mol. The number of amides is 1. The van der Waals surface area contributed by atoms with Crippen LogP contribution in [0.3, 0.4) is 0 Å². The molecule has 0 radical (unpaired) electrons. The minimum Gasteiger partial charge on any atom is -0.508 e. The Morgan fingerprint density at radius 2 is 1.83 bits per heavy atom. The van der Waals surface area contributed by atoms with E-state index in [0.29, 0.717) is 26.8 Å². The van der Waals surface area contributed by atoms with Crippen molar-refractivity contribution >= 4 is 45.7 Å². The van der Waals surface area contributed by atoms with Gasteiger partial charge in [0.05, 0.1) is 11.6 Å². The fourth-order valence-corrected chi connectivity index (χ4v) is 5.67. The molecule has 2 aromatic carbocycles. The summed E-state index contributed by atoms with van der Waals surface area (Å²) >= 11 is 2.31. The number of aromatic nitrogens is 3. The second-order valence-electron chi connectivity index (χ2n) is 7.73. The molecule has 4 aromatic rings. The second kappa shape index (κ2) is 9.88. The predicted molar refractivity (Wildman–Crippen MR) is 133 cm³/mol. The van der Waals surface area contributed by atoms with Crippen LogP contribution < -0.4 is 4.90 Å². The molecule has 0 saturated carbocycles. The van der Waals surface area contributed by atoms with E-state index in [-0.39, 0.29) is 28.0 Å². The third-order valence-corrected chi connectivity index (χ3v) is 7.60. The third-order valence-electron chi connectivity index (χ3n) is 5.49. The molecule has 2 aromatic heterocycles. The van der Waals surface area contributed by atoms with Crippen LogP contribution in [0.4, 0.5) is 9.52 Å². The summed E-state index contributed by atoms with van der Waals surface area (Å²) in [4.78, 5) is 31.4. The van der Waals surface area contributed by atoms with Gasteiger partial charge in [0.2, 0.25) is 5.13 Å². The number of carbonyl (C=O) groups is 2. The van der Waals surface area contributed by atoms with Crippen LogP contribution in [0, 0.1) is 5.82 Å². The molecule has 1 saturated heterocycles. The Morgan fingerprint density at radius 3 is 2.58 bits per heavy atom. The zero-order valence-corrected chi connectivity index (χ0v) is 20.0. The lowest BCUT2D eigenvalue weighted by atomic mass is 9.95. The van der Waals surface area contributed by atoms with Crippen LogP contribution in [0.5, 0.6) is 5.75 Å². The van der Waals surface area contributed by atoms with Gasteiger partial charge in [-0.1, -0.05) is 53.4 Å². The fraction of sp³-hybridized carbons (Fsp3) is 0.0800. The van der Waals surface area contributed by atoms with Crippen molar-refractivity contribution in [1.29, 1.82) is 0 Å². The Kier molecular flexibility index (Phi) is 6.49. The Balaban J connectivity index is 1.54. The smallest absolute Gasteiger partial charge is 0.301 e. The predicted octanol–water partition coefficient (Wildman–Crippen LogP) is 4.70. The summed E-state index contributed by atoms with van der Waals surface area (Å²) in [6, 6.07) is 14.5. The summed E-state index contributed by atoms with van der Waals surface area (Å²) in [5.74, 6) is -2.25. The number of aliphatic hydroxyl groups excluding tert-OH is 1. The van der Waals surface area contributed by atoms with Crippen LogP contribution in [-0.2, 0) is 15.3 Å². The highest BCUT2D eigenvalue weighted by Crippen LogP contribution is 2.44. The number of pyridine rings is 1. The Morgan fingerprint density at radius 1 is 1.06 bits per heavy atom. The highest BCUT2D eigenvalue weighted by Gasteiger charge is 2.48. The number of phenols is 1. The molecule has 36 heavy (non-hydrogen) atoms. The van der Waals surface area contributed by atoms with E-state index in [4.69, 9.17) is 0 Å². The van der Waals surface area contributed by atoms with Gasteiger partial charge in [-0.2, -0.15) is 0 Å². The van der Waals surface area contributed by atoms with E-state index >= 15 is 0 Å². The van der Waals surface area contributed by atoms with E-state index in [2.05, 4.69) is 15.2 Å². The first-order valence-corrected chi connectivity index (χ1v) is 12.4. The van der Waals surface area contributed by atoms with Crippen LogP contribution >= 0.6 is 23.1 Å². The number of aromatic hydroxyl groups is 1. The van der Waals surface area contributed by atoms with Crippen LogP contribution in [0.25, 0.3) is 5.76 Å². The number of rotatable bonds is 6. The molecular formula is C25H17FN4O4S2. The van der Waals surface area contributed by atoms with Gasteiger partial charge in [-0.05, 0) is 41.5 Å². The minimum atomic E-state index is -1.05. The fourth-order valence-electron chi connectivity index (χ4n) is 3.82. The number of anilines is 1. The maximum atomic E-state index is 14.0. The van der Waals surface area contributed by atoms with Gasteiger partial charge in [0.1, 0.15) is 17.3 Å². The van der Waals surface area contributed by atoms with Gasteiger partial charge in [0.15, 0.2) is 4.34 Å². The van der Waals surface area contributed by atoms with Gasteiger partial charge in [-0.3, -0.25) is 19.5 Å². The number of nitrogens with zero attached hydrogens (tertiary/aromatic N) is 4. The highest BCUT2D eigenvalue weighted by molar-refractivity contribution is 8.00. The minimum absolute atomic E-state index is 0.0691. The van der Waals surface area contributed by atoms with Crippen molar-refractivity contribution < 1.29 is 24.2 Å². The summed E-state index contributed by atoms with van der Waals surface area (Å²) < 4.78 is 14.4. The van der Waals surface area contributed by atoms with Gasteiger partial charge < -0.3 is 10.2 Å². The van der Waals surface area contributed by atoms with Crippen LogP contribution in [0.2, 0.25) is 0 Å². The van der Waals surface area contributed by atoms with Crippen LogP contribution in [0.1, 0.15) is 22.7 Å². The Bertz CT molecular complexity index is 1490. The van der Waals surface area contributed by atoms with Crippen molar-refractivity contribution in [3.8, 4) is 5.75 Å². The summed E-state index contributed by atoms with van der Waals surface area (Å²) in [6.07, 6.45) is 2.91. The van der Waals surface area contributed by atoms with Gasteiger partial charge in [0, 0.05) is 23.7 Å². The maximum absolute atomic E-state index is 14.0. The number of hydrogen-bond acceptors (Lipinski definition) is 9. The van der Waals surface area contributed by atoms with E-state index < -0.39 is 17.7 Å². The third kappa shape index (κ3) is 4.45. The number of carbonyl (C=O) groups excluding carboxylic acids is 2. The molecule has 0 bridgehead atoms. The first-order valence-electron chi connectivity index (χ1n) is 10.6. The maximum Gasteiger partial charge on any atom is 0.301 e. The molecule has 11 heteroatoms. The zero-order valence-electron chi connectivity index (χ0n) is 18.4. The van der Waals surface area contributed by atoms with Gasteiger partial charge in [0.25, 0.3) is 5.78 Å². The number of phenolic OH excluding ortho intramolecular Hbond substituents is 1. The number of hydrogen-bond donors (Lipinski definition) is 2. The number of ketones is 1. The average Bonchev–Trinajstić information content (AvgIpc) is 3.46. The average molecular weight is 521 g/mol. The lowest BCUT2D eigenvalue weighted by molar-refractivity contribution is -0.132. The van der Waals surface area contributed by atoms with E-state index in [0.717, 1.165) is 16.2 Å². The quantitative estimate of drug-likeness (QED) is 0.124. The van der Waals surface area contributed by atoms with E-state index in [1.54, 1.807) is 30.3 Å². The first-order chi connectivity index (χ1) is 17.4. The molecule has 5 rings (SSSR count). The lowest BCUT2D eigenvalue weighted by Crippen LogP contribution is -2.29. The number of aliphatic hydroxyl groups is 1. The normalized spacial score (nSPS) is 17.0. The van der Waals surface area contributed by atoms with Gasteiger partial charge in [-0.15, -0.1) is 10.2 Å². The molecular weight excluding hydrogens is 503 g/mol. The molecule has 1 fully saturated rings. The molecule has 3 heterocycles. The zero-order chi connectivity index (χ0) is 25.2. The summed E-state index contributed by atoms with van der Waals surface area (Å²) in [5, 5.41) is 29.5. The molecule has 1 atom stereocenters. The molecule has 1 amide bonds. The van der Waals surface area contributed by atoms with Gasteiger partial charge in [-0.25, -0.2) is 4.39 Å². The number of benzene rings is 2. The number of Topliss-reactive ketones (excluding diaryl/α,β-unsaturated/α-hetero) is 1. The Hall–Kier alpha value is -4.09. The van der Waals surface area contributed by atoms with Crippen molar-refractivity contribution in [1.82, 2.24) is 15.2 Å². The molecule has 1 aliphatic rings. The Labute approximate surface area is 212 Å². The van der Waals surface area contributed by atoms with E-state index in [1.165, 1.54) is 54.5 Å². The van der Waals surface area contributed by atoms with Crippen molar-refractivity contribution in [2.75, 3.05) is 4.90 Å². The van der Waals surface area contributed by atoms with Crippen LogP contribution in [-0.4, -0.2) is 37.1 Å². The molecule has 1 aliphatic heterocycles. The first kappa shape index (κ1) is 23.6. The number of thioether (sulfide) groups is 1. The molecule has 180 valence electrons. The van der Waals surface area contributed by atoms with Crippen molar-refractivity contribution in [3.05, 3.63) is 101 Å². The van der Waals surface area contributed by atoms with Gasteiger partial charge >= 0.3 is 5.91 Å². The summed E-state index contributed by atoms with van der Waals surface area (Å²) in [5.41, 5.74) is 1.07. The highest BCUT2D eigenvalue weighted by atomic mass is 32.2. The molecule has 2 N–H and O–H groups in total. The van der Waals surface area contributed by atoms with Crippen LogP contribution in [0.15, 0.2) is 83.0 Å². The van der Waals surface area contributed by atoms with E-state index in [9.17, 15) is 24.2 Å². The summed E-state index contributed by atoms with van der Waals surface area (Å²) in [7, 11) is 0. The van der Waals surface area contributed by atoms with E-state index in [1.807, 2.05) is 0 Å². The molecule has 8 nitrogen and oxygen atoms in total. The number of halogens is 1.